The van der Waals surface area contributed by atoms with Crippen molar-refractivity contribution < 1.29 is 9.18 Å². The molecule has 1 aliphatic heterocycles. The van der Waals surface area contributed by atoms with Gasteiger partial charge in [-0.1, -0.05) is 29.8 Å². The Morgan fingerprint density at radius 2 is 1.71 bits per heavy atom. The lowest BCUT2D eigenvalue weighted by atomic mass is 9.90. The van der Waals surface area contributed by atoms with Gasteiger partial charge in [-0.05, 0) is 81.4 Å². The largest absolute Gasteiger partial charge is 0.353 e. The third-order valence-corrected chi connectivity index (χ3v) is 8.94. The van der Waals surface area contributed by atoms with Crippen molar-refractivity contribution >= 4 is 28.7 Å². The van der Waals surface area contributed by atoms with Crippen molar-refractivity contribution in [3.8, 4) is 0 Å². The van der Waals surface area contributed by atoms with Gasteiger partial charge in [0.05, 0.1) is 11.6 Å². The number of halogens is 1. The van der Waals surface area contributed by atoms with Crippen molar-refractivity contribution in [2.45, 2.75) is 82.8 Å². The Labute approximate surface area is 225 Å². The average molecular weight is 539 g/mol. The number of pyridine rings is 1. The Morgan fingerprint density at radius 1 is 1.03 bits per heavy atom. The summed E-state index contributed by atoms with van der Waals surface area (Å²) in [6.45, 7) is 2.06. The van der Waals surface area contributed by atoms with Crippen LogP contribution in [-0.2, 0) is 11.2 Å². The van der Waals surface area contributed by atoms with Crippen LogP contribution in [0.25, 0.3) is 11.0 Å². The first-order chi connectivity index (χ1) is 18.4. The molecule has 1 saturated carbocycles. The van der Waals surface area contributed by atoms with E-state index in [1.54, 1.807) is 4.57 Å². The number of benzene rings is 1. The first kappa shape index (κ1) is 26.7. The predicted octanol–water partition coefficient (Wildman–Crippen LogP) is 4.70. The fourth-order valence-corrected chi connectivity index (χ4v) is 6.87. The Morgan fingerprint density at radius 3 is 2.42 bits per heavy atom. The van der Waals surface area contributed by atoms with E-state index in [1.165, 1.54) is 21.8 Å². The summed E-state index contributed by atoms with van der Waals surface area (Å²) in [5.74, 6) is 1.34. The third-order valence-electron chi connectivity index (χ3n) is 7.90. The fourth-order valence-electron chi connectivity index (χ4n) is 5.79. The van der Waals surface area contributed by atoms with Crippen molar-refractivity contribution in [3.05, 3.63) is 74.3 Å². The number of carbonyl (C=O) groups is 1. The van der Waals surface area contributed by atoms with Crippen LogP contribution in [0.15, 0.2) is 46.1 Å². The van der Waals surface area contributed by atoms with Crippen LogP contribution in [0.4, 0.5) is 4.39 Å². The molecule has 5 rings (SSSR count). The number of amides is 1. The number of nitrogens with zero attached hydrogens (tertiary/aromatic N) is 3. The lowest BCUT2D eigenvalue weighted by Crippen LogP contribution is -2.46. The lowest BCUT2D eigenvalue weighted by molar-refractivity contribution is -0.122. The van der Waals surface area contributed by atoms with Crippen LogP contribution >= 0.6 is 11.8 Å². The van der Waals surface area contributed by atoms with Gasteiger partial charge in [0.25, 0.3) is 5.56 Å². The summed E-state index contributed by atoms with van der Waals surface area (Å²) in [7, 11) is 0. The number of carbonyl (C=O) groups excluding carboxylic acids is 1. The zero-order chi connectivity index (χ0) is 26.6. The number of thioether (sulfide) groups is 1. The van der Waals surface area contributed by atoms with E-state index in [-0.39, 0.29) is 40.8 Å². The first-order valence-corrected chi connectivity index (χ1v) is 14.8. The smallest absolute Gasteiger partial charge is 0.333 e. The number of hydrogen-bond donors (Lipinski definition) is 1. The van der Waals surface area contributed by atoms with Gasteiger partial charge >= 0.3 is 5.69 Å². The third kappa shape index (κ3) is 5.87. The van der Waals surface area contributed by atoms with Crippen LogP contribution in [0.5, 0.6) is 0 Å². The molecule has 0 atom stereocenters. The van der Waals surface area contributed by atoms with E-state index in [2.05, 4.69) is 41.5 Å². The maximum absolute atomic E-state index is 14.1. The second-order valence-corrected chi connectivity index (χ2v) is 11.8. The van der Waals surface area contributed by atoms with Gasteiger partial charge in [0.1, 0.15) is 11.5 Å². The summed E-state index contributed by atoms with van der Waals surface area (Å²) < 4.78 is 17.1. The molecule has 202 valence electrons. The van der Waals surface area contributed by atoms with E-state index >= 15 is 0 Å². The van der Waals surface area contributed by atoms with Gasteiger partial charge < -0.3 is 5.32 Å². The number of nitrogens with one attached hydrogen (secondary N) is 1. The van der Waals surface area contributed by atoms with Gasteiger partial charge in [-0.25, -0.2) is 14.2 Å². The highest BCUT2D eigenvalue weighted by Crippen LogP contribution is 2.30. The van der Waals surface area contributed by atoms with E-state index in [9.17, 15) is 18.8 Å². The molecule has 9 heteroatoms. The summed E-state index contributed by atoms with van der Waals surface area (Å²) in [5.41, 5.74) is 1.92. The van der Waals surface area contributed by atoms with Crippen LogP contribution in [0, 0.1) is 12.7 Å². The van der Waals surface area contributed by atoms with E-state index in [1.807, 2.05) is 11.8 Å². The first-order valence-electron chi connectivity index (χ1n) is 13.7. The van der Waals surface area contributed by atoms with Gasteiger partial charge in [0, 0.05) is 24.5 Å². The van der Waals surface area contributed by atoms with Crippen LogP contribution in [0.3, 0.4) is 0 Å². The van der Waals surface area contributed by atoms with Crippen molar-refractivity contribution in [1.29, 1.82) is 0 Å². The molecule has 0 unspecified atom stereocenters. The quantitative estimate of drug-likeness (QED) is 0.472. The van der Waals surface area contributed by atoms with Crippen LogP contribution < -0.4 is 16.6 Å². The number of aryl methyl sites for hydroxylation is 2. The highest BCUT2D eigenvalue weighted by molar-refractivity contribution is 7.99. The molecule has 1 N–H and O–H groups in total. The molecule has 1 aromatic carbocycles. The van der Waals surface area contributed by atoms with Crippen molar-refractivity contribution in [3.63, 3.8) is 0 Å². The van der Waals surface area contributed by atoms with Gasteiger partial charge in [-0.2, -0.15) is 11.8 Å². The SMILES string of the molecule is Cc1ccc(CCCC(=O)NC2CCC(n3c(=O)c4cc(F)cnc4n(C4CCSCC4)c3=O)CC2)cc1. The van der Waals surface area contributed by atoms with Crippen molar-refractivity contribution in [1.82, 2.24) is 19.4 Å². The average Bonchev–Trinajstić information content (AvgIpc) is 2.92. The molecule has 1 amide bonds. The molecule has 3 heterocycles. The number of rotatable bonds is 7. The monoisotopic (exact) mass is 538 g/mol. The predicted molar refractivity (Wildman–Crippen MR) is 149 cm³/mol. The van der Waals surface area contributed by atoms with E-state index in [4.69, 9.17) is 0 Å². The summed E-state index contributed by atoms with van der Waals surface area (Å²) >= 11 is 1.85. The molecule has 38 heavy (non-hydrogen) atoms. The molecule has 0 bridgehead atoms. The van der Waals surface area contributed by atoms with Gasteiger partial charge in [-0.3, -0.25) is 18.7 Å². The number of aromatic nitrogens is 3. The maximum atomic E-state index is 14.1. The Kier molecular flexibility index (Phi) is 8.31. The minimum atomic E-state index is -0.584. The molecular weight excluding hydrogens is 503 g/mol. The second kappa shape index (κ2) is 11.8. The normalized spacial score (nSPS) is 20.5. The minimum Gasteiger partial charge on any atom is -0.353 e. The zero-order valence-corrected chi connectivity index (χ0v) is 22.6. The Bertz CT molecular complexity index is 1400. The number of fused-ring (bicyclic) bond motifs is 1. The summed E-state index contributed by atoms with van der Waals surface area (Å²) in [4.78, 5) is 43.9. The molecule has 2 aliphatic rings. The Balaban J connectivity index is 1.26. The highest BCUT2D eigenvalue weighted by atomic mass is 32.2. The number of hydrogen-bond acceptors (Lipinski definition) is 5. The summed E-state index contributed by atoms with van der Waals surface area (Å²) in [6.07, 6.45) is 7.46. The standard InChI is InChI=1S/C29H35FN4O3S/c1-19-5-7-20(8-6-19)3-2-4-26(35)32-22-9-11-23(12-10-22)34-28(36)25-17-21(30)18-31-27(25)33(29(34)37)24-13-15-38-16-14-24/h5-8,17-18,22-24H,2-4,9-16H2,1H3,(H,32,35). The van der Waals surface area contributed by atoms with Crippen molar-refractivity contribution in [2.24, 2.45) is 0 Å². The van der Waals surface area contributed by atoms with Crippen molar-refractivity contribution in [2.75, 3.05) is 11.5 Å². The fraction of sp³-hybridized carbons (Fsp3) is 0.517. The molecule has 2 aromatic heterocycles. The van der Waals surface area contributed by atoms with Crippen LogP contribution in [0.2, 0.25) is 0 Å². The lowest BCUT2D eigenvalue weighted by Gasteiger charge is -2.31. The van der Waals surface area contributed by atoms with E-state index in [0.717, 1.165) is 43.4 Å². The molecular formula is C29H35FN4O3S. The molecule has 0 spiro atoms. The highest BCUT2D eigenvalue weighted by Gasteiger charge is 2.29. The van der Waals surface area contributed by atoms with E-state index < -0.39 is 11.4 Å². The summed E-state index contributed by atoms with van der Waals surface area (Å²) in [6, 6.07) is 9.30. The molecule has 1 aliphatic carbocycles. The van der Waals surface area contributed by atoms with Gasteiger partial charge in [-0.15, -0.1) is 0 Å². The molecule has 1 saturated heterocycles. The second-order valence-electron chi connectivity index (χ2n) is 10.6. The minimum absolute atomic E-state index is 0.0333. The van der Waals surface area contributed by atoms with Crippen LogP contribution in [-0.4, -0.2) is 37.6 Å². The molecule has 0 radical (unpaired) electrons. The van der Waals surface area contributed by atoms with E-state index in [0.29, 0.717) is 32.1 Å². The molecule has 7 nitrogen and oxygen atoms in total. The summed E-state index contributed by atoms with van der Waals surface area (Å²) in [5, 5.41) is 3.30. The topological polar surface area (TPSA) is 86.0 Å². The van der Waals surface area contributed by atoms with Crippen LogP contribution in [0.1, 0.15) is 74.6 Å². The molecule has 3 aromatic rings. The van der Waals surface area contributed by atoms with Gasteiger partial charge in [0.15, 0.2) is 0 Å². The zero-order valence-electron chi connectivity index (χ0n) is 21.8. The molecule has 2 fully saturated rings. The maximum Gasteiger partial charge on any atom is 0.333 e. The Hall–Kier alpha value is -2.94. The van der Waals surface area contributed by atoms with Gasteiger partial charge in [0.2, 0.25) is 5.91 Å².